The highest BCUT2D eigenvalue weighted by Crippen LogP contribution is 2.48. The molecule has 2 aliphatic rings. The van der Waals surface area contributed by atoms with Crippen molar-refractivity contribution in [1.82, 2.24) is 0 Å². The number of hydrogen-bond donors (Lipinski definition) is 0. The fraction of sp³-hybridized carbons (Fsp3) is 0.607. The smallest absolute Gasteiger partial charge is 0.340 e. The van der Waals surface area contributed by atoms with E-state index in [1.807, 2.05) is 6.07 Å². The molecule has 2 aromatic carbocycles. The van der Waals surface area contributed by atoms with E-state index in [1.54, 1.807) is 6.07 Å². The number of halogens is 1. The van der Waals surface area contributed by atoms with Gasteiger partial charge in [-0.2, -0.15) is 0 Å². The molecular weight excluding hydrogens is 387 g/mol. The highest BCUT2D eigenvalue weighted by Gasteiger charge is 2.35. The number of unbranched alkanes of at least 4 members (excludes halogenated alkanes) is 3. The second kappa shape index (κ2) is 10.1. The Morgan fingerprint density at radius 2 is 1.77 bits per heavy atom. The third-order valence-corrected chi connectivity index (χ3v) is 8.01. The summed E-state index contributed by atoms with van der Waals surface area (Å²) in [6.45, 7) is 2.29. The SMILES string of the molecule is CCCCCCC1CCC2CC(c3ccc4cc(C(=O)OC)c(F)cc4c3)CCC2C1. The summed E-state index contributed by atoms with van der Waals surface area (Å²) in [7, 11) is 1.28. The fourth-order valence-electron chi connectivity index (χ4n) is 6.22. The number of ether oxygens (including phenoxy) is 1. The Morgan fingerprint density at radius 1 is 0.968 bits per heavy atom. The van der Waals surface area contributed by atoms with E-state index in [0.29, 0.717) is 5.92 Å². The Morgan fingerprint density at radius 3 is 2.58 bits per heavy atom. The maximum Gasteiger partial charge on any atom is 0.340 e. The van der Waals surface area contributed by atoms with E-state index in [2.05, 4.69) is 19.1 Å². The van der Waals surface area contributed by atoms with Crippen LogP contribution in [0.2, 0.25) is 0 Å². The summed E-state index contributed by atoms with van der Waals surface area (Å²) in [5.41, 5.74) is 1.34. The minimum atomic E-state index is -0.622. The van der Waals surface area contributed by atoms with E-state index in [0.717, 1.165) is 28.5 Å². The van der Waals surface area contributed by atoms with Crippen molar-refractivity contribution in [3.63, 3.8) is 0 Å². The minimum Gasteiger partial charge on any atom is -0.465 e. The van der Waals surface area contributed by atoms with Crippen molar-refractivity contribution < 1.29 is 13.9 Å². The summed E-state index contributed by atoms with van der Waals surface area (Å²) in [5.74, 6) is 2.19. The molecule has 3 heteroatoms. The molecule has 0 spiro atoms. The van der Waals surface area contributed by atoms with Gasteiger partial charge >= 0.3 is 5.97 Å². The van der Waals surface area contributed by atoms with E-state index in [-0.39, 0.29) is 5.56 Å². The molecule has 4 atom stereocenters. The van der Waals surface area contributed by atoms with Crippen LogP contribution in [0, 0.1) is 23.6 Å². The summed E-state index contributed by atoms with van der Waals surface area (Å²) in [6, 6.07) is 9.46. The molecule has 168 valence electrons. The predicted molar refractivity (Wildman–Crippen MR) is 125 cm³/mol. The third kappa shape index (κ3) is 5.13. The lowest BCUT2D eigenvalue weighted by Crippen LogP contribution is -2.30. The van der Waals surface area contributed by atoms with Crippen molar-refractivity contribution in [1.29, 1.82) is 0 Å². The van der Waals surface area contributed by atoms with Crippen molar-refractivity contribution in [2.24, 2.45) is 17.8 Å². The van der Waals surface area contributed by atoms with Gasteiger partial charge in [-0.25, -0.2) is 9.18 Å². The lowest BCUT2D eigenvalue weighted by atomic mass is 9.63. The third-order valence-electron chi connectivity index (χ3n) is 8.01. The number of esters is 1. The van der Waals surface area contributed by atoms with Crippen molar-refractivity contribution in [2.75, 3.05) is 7.11 Å². The molecule has 0 aliphatic heterocycles. The van der Waals surface area contributed by atoms with Crippen LogP contribution in [-0.4, -0.2) is 13.1 Å². The van der Waals surface area contributed by atoms with E-state index in [4.69, 9.17) is 4.74 Å². The van der Waals surface area contributed by atoms with Crippen LogP contribution in [0.15, 0.2) is 30.3 Å². The van der Waals surface area contributed by atoms with E-state index in [1.165, 1.54) is 89.4 Å². The highest BCUT2D eigenvalue weighted by atomic mass is 19.1. The maximum absolute atomic E-state index is 14.4. The summed E-state index contributed by atoms with van der Waals surface area (Å²) < 4.78 is 19.1. The predicted octanol–water partition coefficient (Wildman–Crippen LogP) is 8.04. The van der Waals surface area contributed by atoms with E-state index in [9.17, 15) is 9.18 Å². The Labute approximate surface area is 186 Å². The fourth-order valence-corrected chi connectivity index (χ4v) is 6.22. The van der Waals surface area contributed by atoms with Gasteiger partial charge in [-0.15, -0.1) is 0 Å². The Hall–Kier alpha value is -1.90. The lowest BCUT2D eigenvalue weighted by Gasteiger charge is -2.42. The normalized spacial score (nSPS) is 25.9. The van der Waals surface area contributed by atoms with Crippen molar-refractivity contribution in [3.05, 3.63) is 47.3 Å². The summed E-state index contributed by atoms with van der Waals surface area (Å²) >= 11 is 0. The summed E-state index contributed by atoms with van der Waals surface area (Å²) in [6.07, 6.45) is 15.1. The van der Waals surface area contributed by atoms with Gasteiger partial charge in [0.25, 0.3) is 0 Å². The summed E-state index contributed by atoms with van der Waals surface area (Å²) in [4.78, 5) is 11.8. The number of carbonyl (C=O) groups excluding carboxylic acids is 1. The molecule has 2 aromatic rings. The molecule has 4 unspecified atom stereocenters. The molecule has 0 heterocycles. The molecule has 4 rings (SSSR count). The molecule has 2 aliphatic carbocycles. The first kappa shape index (κ1) is 22.3. The second-order valence-corrected chi connectivity index (χ2v) is 9.99. The van der Waals surface area contributed by atoms with Gasteiger partial charge in [0.05, 0.1) is 12.7 Å². The monoisotopic (exact) mass is 424 g/mol. The van der Waals surface area contributed by atoms with Crippen molar-refractivity contribution in [3.8, 4) is 0 Å². The molecular formula is C28H37FO2. The van der Waals surface area contributed by atoms with Crippen LogP contribution in [0.25, 0.3) is 10.8 Å². The number of hydrogen-bond acceptors (Lipinski definition) is 2. The first-order chi connectivity index (χ1) is 15.1. The largest absolute Gasteiger partial charge is 0.465 e. The van der Waals surface area contributed by atoms with Crippen LogP contribution < -0.4 is 0 Å². The Bertz CT molecular complexity index is 905. The molecule has 31 heavy (non-hydrogen) atoms. The van der Waals surface area contributed by atoms with Crippen LogP contribution in [0.1, 0.15) is 99.4 Å². The zero-order chi connectivity index (χ0) is 21.8. The molecule has 2 saturated carbocycles. The standard InChI is InChI=1S/C28H37FO2/c1-3-4-5-6-7-19-8-9-21-15-22(11-10-20(21)14-19)23-12-13-24-17-26(28(30)31-2)27(29)18-25(24)16-23/h12-13,16-22H,3-11,14-15H2,1-2H3. The van der Waals surface area contributed by atoms with Gasteiger partial charge in [-0.1, -0.05) is 63.6 Å². The topological polar surface area (TPSA) is 26.3 Å². The average Bonchev–Trinajstić information content (AvgIpc) is 2.80. The molecule has 0 N–H and O–H groups in total. The Balaban J connectivity index is 1.40. The van der Waals surface area contributed by atoms with Gasteiger partial charge in [-0.05, 0) is 84.2 Å². The van der Waals surface area contributed by atoms with Crippen molar-refractivity contribution >= 4 is 16.7 Å². The second-order valence-electron chi connectivity index (χ2n) is 9.99. The Kier molecular flexibility index (Phi) is 7.30. The quantitative estimate of drug-likeness (QED) is 0.332. The molecule has 0 radical (unpaired) electrons. The number of fused-ring (bicyclic) bond motifs is 2. The van der Waals surface area contributed by atoms with Crippen LogP contribution in [0.5, 0.6) is 0 Å². The number of rotatable bonds is 7. The molecule has 0 saturated heterocycles. The van der Waals surface area contributed by atoms with Gasteiger partial charge in [0, 0.05) is 0 Å². The van der Waals surface area contributed by atoms with Gasteiger partial charge in [0.15, 0.2) is 0 Å². The zero-order valence-corrected chi connectivity index (χ0v) is 19.2. The van der Waals surface area contributed by atoms with Gasteiger partial charge in [0.1, 0.15) is 5.82 Å². The molecule has 2 nitrogen and oxygen atoms in total. The van der Waals surface area contributed by atoms with Gasteiger partial charge in [-0.3, -0.25) is 0 Å². The number of methoxy groups -OCH3 is 1. The van der Waals surface area contributed by atoms with E-state index < -0.39 is 11.8 Å². The van der Waals surface area contributed by atoms with Gasteiger partial charge < -0.3 is 4.74 Å². The molecule has 2 fully saturated rings. The first-order valence-electron chi connectivity index (χ1n) is 12.4. The van der Waals surface area contributed by atoms with Crippen LogP contribution >= 0.6 is 0 Å². The first-order valence-corrected chi connectivity index (χ1v) is 12.4. The van der Waals surface area contributed by atoms with Crippen LogP contribution in [0.4, 0.5) is 4.39 Å². The molecule has 0 amide bonds. The number of benzene rings is 2. The maximum atomic E-state index is 14.4. The lowest BCUT2D eigenvalue weighted by molar-refractivity contribution is 0.0595. The van der Waals surface area contributed by atoms with Gasteiger partial charge in [0.2, 0.25) is 0 Å². The van der Waals surface area contributed by atoms with Crippen LogP contribution in [-0.2, 0) is 4.74 Å². The van der Waals surface area contributed by atoms with E-state index >= 15 is 0 Å². The van der Waals surface area contributed by atoms with Crippen molar-refractivity contribution in [2.45, 2.75) is 83.5 Å². The molecule has 0 aromatic heterocycles. The highest BCUT2D eigenvalue weighted by molar-refractivity contribution is 5.95. The number of carbonyl (C=O) groups is 1. The summed E-state index contributed by atoms with van der Waals surface area (Å²) in [5, 5.41) is 1.77. The van der Waals surface area contributed by atoms with Crippen LogP contribution in [0.3, 0.4) is 0 Å². The average molecular weight is 425 g/mol. The minimum absolute atomic E-state index is 0.00899. The molecule has 0 bridgehead atoms. The zero-order valence-electron chi connectivity index (χ0n) is 19.2.